The highest BCUT2D eigenvalue weighted by Gasteiger charge is 2.37. The smallest absolute Gasteiger partial charge is 0.329 e. The minimum Gasteiger partial charge on any atom is -0.466 e. The van der Waals surface area contributed by atoms with Crippen molar-refractivity contribution in [2.45, 2.75) is 27.7 Å². The Labute approximate surface area is 90.3 Å². The molecule has 0 aliphatic carbocycles. The van der Waals surface area contributed by atoms with Crippen LogP contribution in [0.4, 0.5) is 0 Å². The van der Waals surface area contributed by atoms with Crippen LogP contribution in [0.1, 0.15) is 27.7 Å². The van der Waals surface area contributed by atoms with Crippen molar-refractivity contribution in [2.75, 3.05) is 19.4 Å². The average molecular weight is 238 g/mol. The summed E-state index contributed by atoms with van der Waals surface area (Å²) in [4.78, 5) is 20.8. The molecule has 0 amide bonds. The maximum atomic E-state index is 11.5. The van der Waals surface area contributed by atoms with Gasteiger partial charge in [0.15, 0.2) is 0 Å². The third-order valence-corrected chi connectivity index (χ3v) is 3.61. The van der Waals surface area contributed by atoms with Gasteiger partial charge in [0, 0.05) is 0 Å². The summed E-state index contributed by atoms with van der Waals surface area (Å²) >= 11 is 0. The summed E-state index contributed by atoms with van der Waals surface area (Å²) in [6.45, 7) is 6.84. The predicted molar refractivity (Wildman–Crippen MR) is 56.7 cm³/mol. The first-order valence-electron chi connectivity index (χ1n) is 4.88. The zero-order valence-electron chi connectivity index (χ0n) is 9.65. The zero-order valence-corrected chi connectivity index (χ0v) is 10.5. The van der Waals surface area contributed by atoms with E-state index < -0.39 is 19.0 Å². The lowest BCUT2D eigenvalue weighted by Crippen LogP contribution is -2.30. The molecule has 0 aromatic carbocycles. The second-order valence-corrected chi connectivity index (χ2v) is 5.67. The van der Waals surface area contributed by atoms with Crippen LogP contribution in [0, 0.1) is 5.41 Å². The number of esters is 1. The van der Waals surface area contributed by atoms with E-state index >= 15 is 0 Å². The summed E-state index contributed by atoms with van der Waals surface area (Å²) in [5.74, 6) is -0.487. The van der Waals surface area contributed by atoms with Gasteiger partial charge in [0.1, 0.15) is 0 Å². The van der Waals surface area contributed by atoms with Crippen molar-refractivity contribution < 1.29 is 23.5 Å². The minimum absolute atomic E-state index is 0.146. The van der Waals surface area contributed by atoms with Crippen LogP contribution in [0.2, 0.25) is 0 Å². The number of hydrogen-bond acceptors (Lipinski definition) is 4. The zero-order chi connectivity index (χ0) is 12.1. The fraction of sp³-hybridized carbons (Fsp3) is 0.889. The van der Waals surface area contributed by atoms with Crippen LogP contribution in [-0.2, 0) is 18.6 Å². The SMILES string of the molecule is CCOC(=O)C(C)(C)CP(=O)(O)OCC. The molecule has 1 unspecified atom stereocenters. The number of hydrogen-bond donors (Lipinski definition) is 1. The Kier molecular flexibility index (Phi) is 5.49. The van der Waals surface area contributed by atoms with Crippen LogP contribution < -0.4 is 0 Å². The molecule has 0 rings (SSSR count). The van der Waals surface area contributed by atoms with Gasteiger partial charge in [0.2, 0.25) is 0 Å². The van der Waals surface area contributed by atoms with Crippen molar-refractivity contribution in [2.24, 2.45) is 5.41 Å². The van der Waals surface area contributed by atoms with Gasteiger partial charge in [-0.25, -0.2) is 0 Å². The molecule has 0 aromatic rings. The second kappa shape index (κ2) is 5.64. The standard InChI is InChI=1S/C9H19O5P/c1-5-13-8(10)9(3,4)7-15(11,12)14-6-2/h5-7H2,1-4H3,(H,11,12). The van der Waals surface area contributed by atoms with Crippen molar-refractivity contribution in [1.82, 2.24) is 0 Å². The summed E-state index contributed by atoms with van der Waals surface area (Å²) in [6, 6.07) is 0. The van der Waals surface area contributed by atoms with Gasteiger partial charge >= 0.3 is 13.6 Å². The second-order valence-electron chi connectivity index (χ2n) is 3.82. The molecule has 0 bridgehead atoms. The van der Waals surface area contributed by atoms with E-state index in [9.17, 15) is 14.3 Å². The van der Waals surface area contributed by atoms with Gasteiger partial charge in [-0.3, -0.25) is 9.36 Å². The van der Waals surface area contributed by atoms with E-state index in [1.165, 1.54) is 0 Å². The molecule has 0 heterocycles. The van der Waals surface area contributed by atoms with E-state index in [0.717, 1.165) is 0 Å². The van der Waals surface area contributed by atoms with Gasteiger partial charge < -0.3 is 14.2 Å². The molecule has 6 heteroatoms. The number of ether oxygens (including phenoxy) is 1. The minimum atomic E-state index is -3.69. The molecule has 1 N–H and O–H groups in total. The van der Waals surface area contributed by atoms with Crippen LogP contribution in [0.5, 0.6) is 0 Å². The first kappa shape index (κ1) is 14.6. The highest BCUT2D eigenvalue weighted by Crippen LogP contribution is 2.47. The van der Waals surface area contributed by atoms with Crippen LogP contribution in [0.25, 0.3) is 0 Å². The lowest BCUT2D eigenvalue weighted by molar-refractivity contribution is -0.152. The Morgan fingerprint density at radius 1 is 1.33 bits per heavy atom. The highest BCUT2D eigenvalue weighted by atomic mass is 31.2. The van der Waals surface area contributed by atoms with E-state index in [0.29, 0.717) is 0 Å². The van der Waals surface area contributed by atoms with E-state index in [-0.39, 0.29) is 19.4 Å². The monoisotopic (exact) mass is 238 g/mol. The molecule has 15 heavy (non-hydrogen) atoms. The van der Waals surface area contributed by atoms with Gasteiger partial charge in [-0.2, -0.15) is 0 Å². The summed E-state index contributed by atoms with van der Waals surface area (Å²) in [7, 11) is -3.69. The van der Waals surface area contributed by atoms with E-state index in [2.05, 4.69) is 0 Å². The van der Waals surface area contributed by atoms with Crippen LogP contribution >= 0.6 is 7.60 Å². The van der Waals surface area contributed by atoms with Crippen LogP contribution in [0.3, 0.4) is 0 Å². The summed E-state index contributed by atoms with van der Waals surface area (Å²) in [6.07, 6.45) is -0.229. The normalized spacial score (nSPS) is 15.8. The Morgan fingerprint density at radius 3 is 2.27 bits per heavy atom. The number of carbonyl (C=O) groups is 1. The predicted octanol–water partition coefficient (Wildman–Crippen LogP) is 1.80. The van der Waals surface area contributed by atoms with Crippen molar-refractivity contribution >= 4 is 13.6 Å². The fourth-order valence-electron chi connectivity index (χ4n) is 1.14. The maximum Gasteiger partial charge on any atom is 0.329 e. The molecule has 0 saturated heterocycles. The van der Waals surface area contributed by atoms with Crippen molar-refractivity contribution in [3.63, 3.8) is 0 Å². The molecule has 0 aliphatic rings. The van der Waals surface area contributed by atoms with Gasteiger partial charge in [0.25, 0.3) is 0 Å². The Balaban J connectivity index is 4.48. The lowest BCUT2D eigenvalue weighted by Gasteiger charge is -2.24. The van der Waals surface area contributed by atoms with E-state index in [4.69, 9.17) is 9.26 Å². The highest BCUT2D eigenvalue weighted by molar-refractivity contribution is 7.52. The first-order valence-corrected chi connectivity index (χ1v) is 6.65. The van der Waals surface area contributed by atoms with Crippen molar-refractivity contribution in [3.8, 4) is 0 Å². The fourth-order valence-corrected chi connectivity index (χ4v) is 2.76. The average Bonchev–Trinajstić information content (AvgIpc) is 2.01. The van der Waals surface area contributed by atoms with Gasteiger partial charge in [-0.15, -0.1) is 0 Å². The van der Waals surface area contributed by atoms with Gasteiger partial charge in [-0.1, -0.05) is 0 Å². The van der Waals surface area contributed by atoms with Crippen LogP contribution in [0.15, 0.2) is 0 Å². The molecule has 1 atom stereocenters. The van der Waals surface area contributed by atoms with Crippen LogP contribution in [-0.4, -0.2) is 30.2 Å². The molecule has 0 radical (unpaired) electrons. The summed E-state index contributed by atoms with van der Waals surface area (Å²) in [5.41, 5.74) is -1.00. The molecule has 0 spiro atoms. The molecule has 0 aliphatic heterocycles. The van der Waals surface area contributed by atoms with Crippen molar-refractivity contribution in [1.29, 1.82) is 0 Å². The summed E-state index contributed by atoms with van der Waals surface area (Å²) in [5, 5.41) is 0. The molecular weight excluding hydrogens is 219 g/mol. The van der Waals surface area contributed by atoms with E-state index in [1.807, 2.05) is 0 Å². The largest absolute Gasteiger partial charge is 0.466 e. The molecule has 90 valence electrons. The molecular formula is C9H19O5P. The Bertz CT molecular complexity index is 261. The third kappa shape index (κ3) is 5.30. The number of carbonyl (C=O) groups excluding carboxylic acids is 1. The maximum absolute atomic E-state index is 11.5. The third-order valence-electron chi connectivity index (χ3n) is 1.75. The van der Waals surface area contributed by atoms with Gasteiger partial charge in [-0.05, 0) is 27.7 Å². The molecule has 5 nitrogen and oxygen atoms in total. The van der Waals surface area contributed by atoms with Gasteiger partial charge in [0.05, 0.1) is 24.8 Å². The number of rotatable bonds is 6. The molecule has 0 saturated carbocycles. The topological polar surface area (TPSA) is 72.8 Å². The quantitative estimate of drug-likeness (QED) is 0.564. The summed E-state index contributed by atoms with van der Waals surface area (Å²) < 4.78 is 21.0. The molecule has 0 aromatic heterocycles. The first-order chi connectivity index (χ1) is 6.75. The Morgan fingerprint density at radius 2 is 1.87 bits per heavy atom. The Hall–Kier alpha value is -0.380. The lowest BCUT2D eigenvalue weighted by atomic mass is 9.97. The van der Waals surface area contributed by atoms with E-state index in [1.54, 1.807) is 27.7 Å². The molecule has 0 fully saturated rings. The van der Waals surface area contributed by atoms with Crippen molar-refractivity contribution in [3.05, 3.63) is 0 Å².